The minimum Gasteiger partial charge on any atom is -0.314 e. The van der Waals surface area contributed by atoms with E-state index < -0.39 is 5.54 Å². The Hall–Kier alpha value is -0.400. The second-order valence-electron chi connectivity index (χ2n) is 4.24. The Bertz CT molecular complexity index is 441. The van der Waals surface area contributed by atoms with E-state index in [1.165, 1.54) is 0 Å². The van der Waals surface area contributed by atoms with Crippen molar-refractivity contribution < 1.29 is 0 Å². The highest BCUT2D eigenvalue weighted by atomic mass is 35.5. The van der Waals surface area contributed by atoms with E-state index in [-0.39, 0.29) is 5.25 Å². The first-order valence-corrected chi connectivity index (χ1v) is 6.79. The third kappa shape index (κ3) is 4.77. The maximum absolute atomic E-state index is 8.88. The lowest BCUT2D eigenvalue weighted by molar-refractivity contribution is 0.545. The van der Waals surface area contributed by atoms with Gasteiger partial charge >= 0.3 is 0 Å². The van der Waals surface area contributed by atoms with E-state index in [0.29, 0.717) is 16.5 Å². The Morgan fingerprint density at radius 2 is 2.18 bits per heavy atom. The SMILES string of the molecule is CC(CC(C)(N)C#N)Sc1cc(Cl)ccc1Cl. The van der Waals surface area contributed by atoms with Crippen molar-refractivity contribution in [2.24, 2.45) is 5.73 Å². The molecular formula is C12H14Cl2N2S. The molecule has 17 heavy (non-hydrogen) atoms. The van der Waals surface area contributed by atoms with Gasteiger partial charge in [0.1, 0.15) is 5.54 Å². The molecule has 1 aromatic rings. The lowest BCUT2D eigenvalue weighted by Gasteiger charge is -2.20. The predicted octanol–water partition coefficient (Wildman–Crippen LogP) is 4.11. The van der Waals surface area contributed by atoms with Gasteiger partial charge in [-0.3, -0.25) is 0 Å². The van der Waals surface area contributed by atoms with Gasteiger partial charge in [0, 0.05) is 15.2 Å². The summed E-state index contributed by atoms with van der Waals surface area (Å²) >= 11 is 13.6. The number of benzene rings is 1. The van der Waals surface area contributed by atoms with E-state index in [4.69, 9.17) is 34.2 Å². The number of thioether (sulfide) groups is 1. The fraction of sp³-hybridized carbons (Fsp3) is 0.417. The van der Waals surface area contributed by atoms with Crippen LogP contribution in [0.5, 0.6) is 0 Å². The van der Waals surface area contributed by atoms with Crippen molar-refractivity contribution in [1.82, 2.24) is 0 Å². The lowest BCUT2D eigenvalue weighted by Crippen LogP contribution is -2.36. The largest absolute Gasteiger partial charge is 0.314 e. The third-order valence-electron chi connectivity index (χ3n) is 2.19. The highest BCUT2D eigenvalue weighted by molar-refractivity contribution is 8.00. The van der Waals surface area contributed by atoms with Crippen LogP contribution in [-0.4, -0.2) is 10.8 Å². The van der Waals surface area contributed by atoms with Gasteiger partial charge < -0.3 is 5.73 Å². The molecule has 0 bridgehead atoms. The third-order valence-corrected chi connectivity index (χ3v) is 4.03. The van der Waals surface area contributed by atoms with Gasteiger partial charge in [-0.05, 0) is 31.5 Å². The fourth-order valence-electron chi connectivity index (χ4n) is 1.47. The molecule has 1 aromatic carbocycles. The minimum absolute atomic E-state index is 0.195. The van der Waals surface area contributed by atoms with Crippen LogP contribution >= 0.6 is 35.0 Å². The quantitative estimate of drug-likeness (QED) is 0.849. The number of nitriles is 1. The van der Waals surface area contributed by atoms with Crippen LogP contribution in [0.2, 0.25) is 10.0 Å². The highest BCUT2D eigenvalue weighted by Gasteiger charge is 2.22. The van der Waals surface area contributed by atoms with Crippen molar-refractivity contribution in [3.8, 4) is 6.07 Å². The Balaban J connectivity index is 2.72. The van der Waals surface area contributed by atoms with Crippen LogP contribution in [-0.2, 0) is 0 Å². The molecule has 1 rings (SSSR count). The summed E-state index contributed by atoms with van der Waals surface area (Å²) in [5.74, 6) is 0. The molecule has 0 spiro atoms. The van der Waals surface area contributed by atoms with E-state index in [2.05, 4.69) is 6.07 Å². The monoisotopic (exact) mass is 288 g/mol. The predicted molar refractivity (Wildman–Crippen MR) is 74.6 cm³/mol. The average molecular weight is 289 g/mol. The van der Waals surface area contributed by atoms with E-state index in [9.17, 15) is 0 Å². The maximum atomic E-state index is 8.88. The average Bonchev–Trinajstić information content (AvgIpc) is 2.23. The molecule has 5 heteroatoms. The van der Waals surface area contributed by atoms with Gasteiger partial charge in [-0.15, -0.1) is 11.8 Å². The normalized spacial score (nSPS) is 16.0. The van der Waals surface area contributed by atoms with Gasteiger partial charge in [0.25, 0.3) is 0 Å². The molecule has 0 saturated heterocycles. The lowest BCUT2D eigenvalue weighted by atomic mass is 10.00. The summed E-state index contributed by atoms with van der Waals surface area (Å²) in [6, 6.07) is 7.43. The van der Waals surface area contributed by atoms with Crippen molar-refractivity contribution >= 4 is 35.0 Å². The number of rotatable bonds is 4. The first-order valence-electron chi connectivity index (χ1n) is 5.16. The van der Waals surface area contributed by atoms with Crippen molar-refractivity contribution in [2.75, 3.05) is 0 Å². The highest BCUT2D eigenvalue weighted by Crippen LogP contribution is 2.34. The van der Waals surface area contributed by atoms with Crippen LogP contribution in [0.15, 0.2) is 23.1 Å². The molecule has 2 nitrogen and oxygen atoms in total. The molecule has 0 aliphatic rings. The van der Waals surface area contributed by atoms with Crippen LogP contribution in [0.4, 0.5) is 0 Å². The molecule has 0 aliphatic carbocycles. The number of halogens is 2. The number of hydrogen-bond acceptors (Lipinski definition) is 3. The van der Waals surface area contributed by atoms with E-state index in [1.54, 1.807) is 30.8 Å². The van der Waals surface area contributed by atoms with Crippen molar-refractivity contribution in [2.45, 2.75) is 36.0 Å². The first-order chi connectivity index (χ1) is 7.84. The summed E-state index contributed by atoms with van der Waals surface area (Å²) < 4.78 is 0. The van der Waals surface area contributed by atoms with Gasteiger partial charge in [-0.1, -0.05) is 30.1 Å². The summed E-state index contributed by atoms with van der Waals surface area (Å²) in [5, 5.41) is 10.4. The van der Waals surface area contributed by atoms with E-state index in [1.807, 2.05) is 13.0 Å². The second-order valence-corrected chi connectivity index (χ2v) is 6.56. The Kier molecular flexibility index (Phi) is 5.15. The van der Waals surface area contributed by atoms with Crippen LogP contribution in [0.3, 0.4) is 0 Å². The van der Waals surface area contributed by atoms with Gasteiger partial charge in [0.05, 0.1) is 11.1 Å². The molecule has 2 N–H and O–H groups in total. The molecule has 0 heterocycles. The molecule has 0 fully saturated rings. The Labute approximate surface area is 116 Å². The van der Waals surface area contributed by atoms with Crippen LogP contribution in [0.1, 0.15) is 20.3 Å². The molecule has 2 atom stereocenters. The standard InChI is InChI=1S/C12H14Cl2N2S/c1-8(6-12(2,16)7-15)17-11-5-9(13)3-4-10(11)14/h3-5,8H,6,16H2,1-2H3. The summed E-state index contributed by atoms with van der Waals surface area (Å²) in [6.45, 7) is 3.74. The van der Waals surface area contributed by atoms with Gasteiger partial charge in [-0.25, -0.2) is 0 Å². The van der Waals surface area contributed by atoms with Crippen molar-refractivity contribution in [3.63, 3.8) is 0 Å². The first kappa shape index (κ1) is 14.7. The zero-order valence-corrected chi connectivity index (χ0v) is 12.0. The molecule has 2 unspecified atom stereocenters. The fourth-order valence-corrected chi connectivity index (χ4v) is 3.20. The zero-order valence-electron chi connectivity index (χ0n) is 9.71. The smallest absolute Gasteiger partial charge is 0.102 e. The van der Waals surface area contributed by atoms with Crippen LogP contribution in [0, 0.1) is 11.3 Å². The van der Waals surface area contributed by atoms with Crippen molar-refractivity contribution in [1.29, 1.82) is 5.26 Å². The molecule has 0 aliphatic heterocycles. The molecule has 0 radical (unpaired) electrons. The minimum atomic E-state index is -0.808. The number of hydrogen-bond donors (Lipinski definition) is 1. The van der Waals surface area contributed by atoms with E-state index in [0.717, 1.165) is 4.90 Å². The summed E-state index contributed by atoms with van der Waals surface area (Å²) in [5.41, 5.74) is 5.00. The van der Waals surface area contributed by atoms with Gasteiger partial charge in [0.15, 0.2) is 0 Å². The van der Waals surface area contributed by atoms with Gasteiger partial charge in [0.2, 0.25) is 0 Å². The Morgan fingerprint density at radius 1 is 1.53 bits per heavy atom. The summed E-state index contributed by atoms with van der Waals surface area (Å²) in [6.07, 6.45) is 0.594. The second kappa shape index (κ2) is 5.97. The molecule has 0 aromatic heterocycles. The molecular weight excluding hydrogens is 275 g/mol. The molecule has 0 amide bonds. The van der Waals surface area contributed by atoms with Crippen molar-refractivity contribution in [3.05, 3.63) is 28.2 Å². The van der Waals surface area contributed by atoms with Crippen LogP contribution in [0.25, 0.3) is 0 Å². The summed E-state index contributed by atoms with van der Waals surface area (Å²) in [4.78, 5) is 0.917. The van der Waals surface area contributed by atoms with E-state index >= 15 is 0 Å². The zero-order chi connectivity index (χ0) is 13.1. The van der Waals surface area contributed by atoms with Gasteiger partial charge in [-0.2, -0.15) is 5.26 Å². The summed E-state index contributed by atoms with van der Waals surface area (Å²) in [7, 11) is 0. The van der Waals surface area contributed by atoms with Crippen LogP contribution < -0.4 is 5.73 Å². The number of nitrogens with zero attached hydrogens (tertiary/aromatic N) is 1. The molecule has 92 valence electrons. The Morgan fingerprint density at radius 3 is 2.76 bits per heavy atom. The topological polar surface area (TPSA) is 49.8 Å². The number of nitrogens with two attached hydrogens (primary N) is 1. The molecule has 0 saturated carbocycles. The maximum Gasteiger partial charge on any atom is 0.102 e.